The summed E-state index contributed by atoms with van der Waals surface area (Å²) in [5.41, 5.74) is 0.398. The van der Waals surface area contributed by atoms with Gasteiger partial charge < -0.3 is 10.1 Å². The van der Waals surface area contributed by atoms with Crippen molar-refractivity contribution >= 4 is 23.2 Å². The first-order valence-electron chi connectivity index (χ1n) is 8.06. The Bertz CT molecular complexity index is 721. The van der Waals surface area contributed by atoms with E-state index in [1.165, 1.54) is 18.4 Å². The first kappa shape index (κ1) is 16.6. The molecule has 0 saturated heterocycles. The van der Waals surface area contributed by atoms with Gasteiger partial charge in [-0.3, -0.25) is 4.79 Å². The number of benzene rings is 1. The van der Waals surface area contributed by atoms with Crippen LogP contribution in [0.25, 0.3) is 10.6 Å². The SMILES string of the molecule is COC(=O)C1(NC(=O)c2csc(-c3ccccc3)n2)CCCCC1. The van der Waals surface area contributed by atoms with Gasteiger partial charge in [0.1, 0.15) is 16.2 Å². The Morgan fingerprint density at radius 1 is 1.17 bits per heavy atom. The van der Waals surface area contributed by atoms with Gasteiger partial charge in [0, 0.05) is 10.9 Å². The van der Waals surface area contributed by atoms with Gasteiger partial charge in [-0.15, -0.1) is 11.3 Å². The van der Waals surface area contributed by atoms with Crippen LogP contribution in [-0.4, -0.2) is 29.5 Å². The van der Waals surface area contributed by atoms with Gasteiger partial charge in [-0.25, -0.2) is 9.78 Å². The molecule has 1 fully saturated rings. The quantitative estimate of drug-likeness (QED) is 0.863. The molecule has 0 spiro atoms. The first-order valence-corrected chi connectivity index (χ1v) is 8.94. The maximum atomic E-state index is 12.6. The highest BCUT2D eigenvalue weighted by atomic mass is 32.1. The fourth-order valence-corrected chi connectivity index (χ4v) is 3.91. The van der Waals surface area contributed by atoms with Crippen LogP contribution in [-0.2, 0) is 9.53 Å². The van der Waals surface area contributed by atoms with Crippen LogP contribution in [0, 0.1) is 0 Å². The maximum Gasteiger partial charge on any atom is 0.331 e. The van der Waals surface area contributed by atoms with Crippen molar-refractivity contribution in [2.45, 2.75) is 37.6 Å². The topological polar surface area (TPSA) is 68.3 Å². The molecule has 0 radical (unpaired) electrons. The van der Waals surface area contributed by atoms with E-state index in [0.29, 0.717) is 18.5 Å². The fourth-order valence-electron chi connectivity index (χ4n) is 3.10. The van der Waals surface area contributed by atoms with E-state index in [4.69, 9.17) is 4.74 Å². The van der Waals surface area contributed by atoms with Gasteiger partial charge in [-0.1, -0.05) is 49.6 Å². The summed E-state index contributed by atoms with van der Waals surface area (Å²) < 4.78 is 4.93. The molecule has 1 aliphatic carbocycles. The number of nitrogens with zero attached hydrogens (tertiary/aromatic N) is 1. The van der Waals surface area contributed by atoms with E-state index in [-0.39, 0.29) is 11.9 Å². The Labute approximate surface area is 145 Å². The molecule has 1 heterocycles. The number of aromatic nitrogens is 1. The van der Waals surface area contributed by atoms with Crippen LogP contribution in [0.5, 0.6) is 0 Å². The zero-order chi connectivity index (χ0) is 17.0. The van der Waals surface area contributed by atoms with Gasteiger partial charge >= 0.3 is 5.97 Å². The second-order valence-electron chi connectivity index (χ2n) is 5.99. The summed E-state index contributed by atoms with van der Waals surface area (Å²) >= 11 is 1.42. The minimum Gasteiger partial charge on any atom is -0.467 e. The lowest BCUT2D eigenvalue weighted by Gasteiger charge is -2.34. The molecule has 0 bridgehead atoms. The Kier molecular flexibility index (Phi) is 4.94. The van der Waals surface area contributed by atoms with E-state index >= 15 is 0 Å². The minimum atomic E-state index is -0.916. The van der Waals surface area contributed by atoms with E-state index in [1.807, 2.05) is 30.3 Å². The van der Waals surface area contributed by atoms with E-state index in [2.05, 4.69) is 10.3 Å². The summed E-state index contributed by atoms with van der Waals surface area (Å²) in [5, 5.41) is 5.41. The normalized spacial score (nSPS) is 16.4. The molecule has 5 nitrogen and oxygen atoms in total. The highest BCUT2D eigenvalue weighted by Crippen LogP contribution is 2.30. The standard InChI is InChI=1S/C18H20N2O3S/c1-23-17(22)18(10-6-3-7-11-18)20-15(21)14-12-24-16(19-14)13-8-4-2-5-9-13/h2,4-5,8-9,12H,3,6-7,10-11H2,1H3,(H,20,21). The van der Waals surface area contributed by atoms with Crippen LogP contribution in [0.15, 0.2) is 35.7 Å². The predicted molar refractivity (Wildman–Crippen MR) is 92.8 cm³/mol. The number of hydrogen-bond donors (Lipinski definition) is 1. The molecule has 0 atom stereocenters. The molecule has 1 amide bonds. The van der Waals surface area contributed by atoms with Gasteiger partial charge in [0.2, 0.25) is 0 Å². The fraction of sp³-hybridized carbons (Fsp3) is 0.389. The smallest absolute Gasteiger partial charge is 0.331 e. The van der Waals surface area contributed by atoms with Crippen molar-refractivity contribution in [3.05, 3.63) is 41.4 Å². The highest BCUT2D eigenvalue weighted by molar-refractivity contribution is 7.13. The second-order valence-corrected chi connectivity index (χ2v) is 6.85. The van der Waals surface area contributed by atoms with E-state index in [0.717, 1.165) is 29.8 Å². The summed E-state index contributed by atoms with van der Waals surface area (Å²) in [5.74, 6) is -0.685. The molecule has 1 saturated carbocycles. The molecule has 126 valence electrons. The largest absolute Gasteiger partial charge is 0.467 e. The number of carbonyl (C=O) groups is 2. The summed E-state index contributed by atoms with van der Waals surface area (Å²) in [6, 6.07) is 9.72. The lowest BCUT2D eigenvalue weighted by atomic mass is 9.81. The average molecular weight is 344 g/mol. The average Bonchev–Trinajstić information content (AvgIpc) is 3.13. The van der Waals surface area contributed by atoms with E-state index < -0.39 is 5.54 Å². The third-order valence-electron chi connectivity index (χ3n) is 4.39. The first-order chi connectivity index (χ1) is 11.6. The summed E-state index contributed by atoms with van der Waals surface area (Å²) in [7, 11) is 1.36. The number of carbonyl (C=O) groups excluding carboxylic acids is 2. The van der Waals surface area contributed by atoms with Crippen molar-refractivity contribution in [3.8, 4) is 10.6 Å². The molecule has 2 aromatic rings. The van der Waals surface area contributed by atoms with Crippen molar-refractivity contribution < 1.29 is 14.3 Å². The van der Waals surface area contributed by atoms with Gasteiger partial charge in [0.25, 0.3) is 5.91 Å². The number of amides is 1. The number of thiazole rings is 1. The van der Waals surface area contributed by atoms with E-state index in [9.17, 15) is 9.59 Å². The molecule has 1 aromatic carbocycles. The molecule has 1 aliphatic rings. The minimum absolute atomic E-state index is 0.319. The Morgan fingerprint density at radius 2 is 1.88 bits per heavy atom. The molecule has 24 heavy (non-hydrogen) atoms. The van der Waals surface area contributed by atoms with Crippen molar-refractivity contribution in [2.75, 3.05) is 7.11 Å². The van der Waals surface area contributed by atoms with Gasteiger partial charge in [-0.2, -0.15) is 0 Å². The van der Waals surface area contributed by atoms with Gasteiger partial charge in [0.15, 0.2) is 0 Å². The zero-order valence-electron chi connectivity index (χ0n) is 13.6. The molecular formula is C18H20N2O3S. The van der Waals surface area contributed by atoms with E-state index in [1.54, 1.807) is 5.38 Å². The number of rotatable bonds is 4. The number of nitrogens with one attached hydrogen (secondary N) is 1. The third kappa shape index (κ3) is 3.33. The van der Waals surface area contributed by atoms with Gasteiger partial charge in [-0.05, 0) is 12.8 Å². The van der Waals surface area contributed by atoms with Crippen LogP contribution >= 0.6 is 11.3 Å². The lowest BCUT2D eigenvalue weighted by molar-refractivity contribution is -0.149. The number of methoxy groups -OCH3 is 1. The summed E-state index contributed by atoms with van der Waals surface area (Å²) in [6.45, 7) is 0. The molecule has 0 unspecified atom stereocenters. The molecule has 6 heteroatoms. The Morgan fingerprint density at radius 3 is 2.54 bits per heavy atom. The third-order valence-corrected chi connectivity index (χ3v) is 5.28. The molecular weight excluding hydrogens is 324 g/mol. The summed E-state index contributed by atoms with van der Waals surface area (Å²) in [6.07, 6.45) is 4.11. The highest BCUT2D eigenvalue weighted by Gasteiger charge is 2.42. The van der Waals surface area contributed by atoms with Crippen LogP contribution in [0.1, 0.15) is 42.6 Å². The zero-order valence-corrected chi connectivity index (χ0v) is 14.4. The van der Waals surface area contributed by atoms with Gasteiger partial charge in [0.05, 0.1) is 7.11 Å². The summed E-state index contributed by atoms with van der Waals surface area (Å²) in [4.78, 5) is 29.3. The number of esters is 1. The van der Waals surface area contributed by atoms with Crippen LogP contribution < -0.4 is 5.32 Å². The van der Waals surface area contributed by atoms with Crippen molar-refractivity contribution in [1.82, 2.24) is 10.3 Å². The monoisotopic (exact) mass is 344 g/mol. The molecule has 3 rings (SSSR count). The van der Waals surface area contributed by atoms with Crippen LogP contribution in [0.2, 0.25) is 0 Å². The Balaban J connectivity index is 1.79. The Hall–Kier alpha value is -2.21. The maximum absolute atomic E-state index is 12.6. The van der Waals surface area contributed by atoms with Crippen molar-refractivity contribution in [3.63, 3.8) is 0 Å². The lowest BCUT2D eigenvalue weighted by Crippen LogP contribution is -2.56. The van der Waals surface area contributed by atoms with Crippen molar-refractivity contribution in [1.29, 1.82) is 0 Å². The van der Waals surface area contributed by atoms with Crippen molar-refractivity contribution in [2.24, 2.45) is 0 Å². The van der Waals surface area contributed by atoms with Crippen LogP contribution in [0.4, 0.5) is 0 Å². The molecule has 1 aromatic heterocycles. The molecule has 0 aliphatic heterocycles. The number of hydrogen-bond acceptors (Lipinski definition) is 5. The number of ether oxygens (including phenoxy) is 1. The molecule has 1 N–H and O–H groups in total. The second kappa shape index (κ2) is 7.13. The predicted octanol–water partition coefficient (Wildman–Crippen LogP) is 3.42. The van der Waals surface area contributed by atoms with Crippen LogP contribution in [0.3, 0.4) is 0 Å².